The second kappa shape index (κ2) is 8.19. The number of carbonyl (C=O) groups excluding carboxylic acids is 1. The Morgan fingerprint density at radius 2 is 1.81 bits per heavy atom. The first-order chi connectivity index (χ1) is 15.1. The van der Waals surface area contributed by atoms with Gasteiger partial charge in [-0.25, -0.2) is 9.97 Å². The topological polar surface area (TPSA) is 64.8 Å². The molecule has 6 heteroatoms. The summed E-state index contributed by atoms with van der Waals surface area (Å²) >= 11 is 3.40. The van der Waals surface area contributed by atoms with E-state index in [1.165, 1.54) is 5.56 Å². The molecule has 5 rings (SSSR count). The van der Waals surface area contributed by atoms with E-state index in [0.717, 1.165) is 47.2 Å². The van der Waals surface area contributed by atoms with Crippen molar-refractivity contribution in [2.24, 2.45) is 0 Å². The summed E-state index contributed by atoms with van der Waals surface area (Å²) in [6.45, 7) is 0.443. The number of pyridine rings is 3. The van der Waals surface area contributed by atoms with E-state index >= 15 is 0 Å². The molecule has 1 aliphatic rings. The minimum Gasteiger partial charge on any atom is -0.340 e. The molecule has 0 saturated heterocycles. The van der Waals surface area contributed by atoms with E-state index in [0.29, 0.717) is 17.6 Å². The van der Waals surface area contributed by atoms with Crippen molar-refractivity contribution >= 4 is 32.6 Å². The van der Waals surface area contributed by atoms with Crippen molar-refractivity contribution in [1.29, 1.82) is 0 Å². The Morgan fingerprint density at radius 3 is 2.68 bits per heavy atom. The molecular weight excluding hydrogens is 454 g/mol. The highest BCUT2D eigenvalue weighted by atomic mass is 79.9. The van der Waals surface area contributed by atoms with Gasteiger partial charge in [0.1, 0.15) is 10.3 Å². The molecule has 0 aliphatic heterocycles. The highest BCUT2D eigenvalue weighted by molar-refractivity contribution is 9.10. The number of nitrogens with zero attached hydrogens (tertiary/aromatic N) is 3. The van der Waals surface area contributed by atoms with Crippen LogP contribution in [0.2, 0.25) is 0 Å². The number of benzene rings is 1. The Kier molecular flexibility index (Phi) is 5.24. The molecule has 0 spiro atoms. The monoisotopic (exact) mass is 473 g/mol. The van der Waals surface area contributed by atoms with E-state index in [2.05, 4.69) is 25.9 Å². The Labute approximate surface area is 187 Å². The fourth-order valence-corrected chi connectivity index (χ4v) is 4.58. The predicted octanol–water partition coefficient (Wildman–Crippen LogP) is 4.71. The maximum Gasteiger partial charge on any atom is 0.216 e. The van der Waals surface area contributed by atoms with E-state index in [-0.39, 0.29) is 16.8 Å². The van der Waals surface area contributed by atoms with Crippen LogP contribution < -0.4 is 5.43 Å². The van der Waals surface area contributed by atoms with Crippen LogP contribution in [-0.4, -0.2) is 20.3 Å². The predicted molar refractivity (Wildman–Crippen MR) is 124 cm³/mol. The molecule has 0 atom stereocenters. The number of aryl methyl sites for hydroxylation is 2. The summed E-state index contributed by atoms with van der Waals surface area (Å²) in [5.74, 6) is -0.333. The van der Waals surface area contributed by atoms with Crippen molar-refractivity contribution in [3.05, 3.63) is 104 Å². The van der Waals surface area contributed by atoms with Gasteiger partial charge in [0.2, 0.25) is 11.2 Å². The molecule has 0 unspecified atom stereocenters. The molecule has 4 aromatic rings. The molecular formula is C25H20BrN3O2. The number of hydrogen-bond donors (Lipinski definition) is 0. The van der Waals surface area contributed by atoms with Crippen LogP contribution in [0.1, 0.15) is 45.8 Å². The Morgan fingerprint density at radius 1 is 0.968 bits per heavy atom. The standard InChI is InChI=1S/C25H20BrN3O2/c26-23-11-5-7-17(27-23)14-29-15-19(24(30)18-8-2-4-10-22(18)29)25(31)21-13-12-16-6-1-3-9-20(16)28-21/h2,4-5,7-8,10-13,15H,1,3,6,9,14H2. The van der Waals surface area contributed by atoms with Gasteiger partial charge in [-0.05, 0) is 77.5 Å². The summed E-state index contributed by atoms with van der Waals surface area (Å²) in [5.41, 5.74) is 3.99. The summed E-state index contributed by atoms with van der Waals surface area (Å²) in [4.78, 5) is 35.7. The van der Waals surface area contributed by atoms with Crippen LogP contribution in [0.25, 0.3) is 10.9 Å². The van der Waals surface area contributed by atoms with E-state index in [1.807, 2.05) is 47.0 Å². The first-order valence-corrected chi connectivity index (χ1v) is 11.2. The second-order valence-corrected chi connectivity index (χ2v) is 8.62. The van der Waals surface area contributed by atoms with Crippen molar-refractivity contribution in [1.82, 2.24) is 14.5 Å². The third-order valence-electron chi connectivity index (χ3n) is 5.75. The van der Waals surface area contributed by atoms with E-state index in [4.69, 9.17) is 0 Å². The minimum atomic E-state index is -0.333. The second-order valence-electron chi connectivity index (χ2n) is 7.81. The molecule has 0 saturated carbocycles. The number of carbonyl (C=O) groups is 1. The summed E-state index contributed by atoms with van der Waals surface area (Å²) < 4.78 is 2.65. The van der Waals surface area contributed by atoms with Crippen molar-refractivity contribution in [3.63, 3.8) is 0 Å². The zero-order valence-electron chi connectivity index (χ0n) is 16.8. The zero-order valence-corrected chi connectivity index (χ0v) is 18.4. The van der Waals surface area contributed by atoms with Gasteiger partial charge in [0.25, 0.3) is 0 Å². The van der Waals surface area contributed by atoms with Crippen LogP contribution in [-0.2, 0) is 19.4 Å². The molecule has 0 N–H and O–H groups in total. The van der Waals surface area contributed by atoms with Crippen molar-refractivity contribution in [2.75, 3.05) is 0 Å². The van der Waals surface area contributed by atoms with Crippen LogP contribution in [0, 0.1) is 0 Å². The molecule has 0 amide bonds. The quantitative estimate of drug-likeness (QED) is 0.318. The number of para-hydroxylation sites is 1. The normalized spacial score (nSPS) is 13.2. The third-order valence-corrected chi connectivity index (χ3v) is 6.19. The maximum atomic E-state index is 13.4. The van der Waals surface area contributed by atoms with Crippen molar-refractivity contribution in [3.8, 4) is 0 Å². The first kappa shape index (κ1) is 19.8. The van der Waals surface area contributed by atoms with Gasteiger partial charge in [0.05, 0.1) is 23.3 Å². The van der Waals surface area contributed by atoms with Gasteiger partial charge in [0, 0.05) is 17.3 Å². The Hall–Kier alpha value is -3.12. The molecule has 0 fully saturated rings. The Bertz CT molecular complexity index is 1380. The number of halogens is 1. The van der Waals surface area contributed by atoms with Crippen LogP contribution >= 0.6 is 15.9 Å². The molecule has 31 heavy (non-hydrogen) atoms. The Balaban J connectivity index is 1.62. The highest BCUT2D eigenvalue weighted by Gasteiger charge is 2.20. The van der Waals surface area contributed by atoms with Gasteiger partial charge >= 0.3 is 0 Å². The van der Waals surface area contributed by atoms with E-state index < -0.39 is 0 Å². The molecule has 0 radical (unpaired) electrons. The van der Waals surface area contributed by atoms with Crippen LogP contribution in [0.5, 0.6) is 0 Å². The lowest BCUT2D eigenvalue weighted by Gasteiger charge is -2.16. The SMILES string of the molecule is O=C(c1ccc2c(n1)CCCC2)c1cn(Cc2cccc(Br)n2)c2ccccc2c1=O. The lowest BCUT2D eigenvalue weighted by Crippen LogP contribution is -2.21. The van der Waals surface area contributed by atoms with Crippen LogP contribution in [0.3, 0.4) is 0 Å². The average Bonchev–Trinajstić information content (AvgIpc) is 2.80. The largest absolute Gasteiger partial charge is 0.340 e. The molecule has 1 aromatic carbocycles. The maximum absolute atomic E-state index is 13.4. The van der Waals surface area contributed by atoms with Gasteiger partial charge in [-0.3, -0.25) is 9.59 Å². The van der Waals surface area contributed by atoms with Gasteiger partial charge in [-0.15, -0.1) is 0 Å². The molecule has 0 bridgehead atoms. The highest BCUT2D eigenvalue weighted by Crippen LogP contribution is 2.21. The number of rotatable bonds is 4. The van der Waals surface area contributed by atoms with Crippen molar-refractivity contribution < 1.29 is 4.79 Å². The van der Waals surface area contributed by atoms with Gasteiger partial charge in [-0.1, -0.05) is 24.3 Å². The molecule has 154 valence electrons. The lowest BCUT2D eigenvalue weighted by molar-refractivity contribution is 0.103. The van der Waals surface area contributed by atoms with Crippen LogP contribution in [0.4, 0.5) is 0 Å². The van der Waals surface area contributed by atoms with Gasteiger partial charge in [0.15, 0.2) is 0 Å². The smallest absolute Gasteiger partial charge is 0.216 e. The summed E-state index contributed by atoms with van der Waals surface area (Å²) in [6.07, 6.45) is 5.77. The molecule has 3 aromatic heterocycles. The van der Waals surface area contributed by atoms with Crippen molar-refractivity contribution in [2.45, 2.75) is 32.2 Å². The summed E-state index contributed by atoms with van der Waals surface area (Å²) in [5, 5.41) is 0.515. The number of aromatic nitrogens is 3. The fraction of sp³-hybridized carbons (Fsp3) is 0.200. The van der Waals surface area contributed by atoms with E-state index in [1.54, 1.807) is 18.3 Å². The zero-order chi connectivity index (χ0) is 21.4. The molecule has 3 heterocycles. The molecule has 1 aliphatic carbocycles. The number of fused-ring (bicyclic) bond motifs is 2. The third kappa shape index (κ3) is 3.83. The van der Waals surface area contributed by atoms with Gasteiger partial charge < -0.3 is 4.57 Å². The summed E-state index contributed by atoms with van der Waals surface area (Å²) in [6, 6.07) is 16.8. The number of hydrogen-bond acceptors (Lipinski definition) is 4. The number of ketones is 1. The fourth-order valence-electron chi connectivity index (χ4n) is 4.20. The summed E-state index contributed by atoms with van der Waals surface area (Å²) in [7, 11) is 0. The van der Waals surface area contributed by atoms with Crippen LogP contribution in [0.15, 0.2) is 70.2 Å². The first-order valence-electron chi connectivity index (χ1n) is 10.4. The molecule has 5 nitrogen and oxygen atoms in total. The van der Waals surface area contributed by atoms with Gasteiger partial charge in [-0.2, -0.15) is 0 Å². The average molecular weight is 474 g/mol. The lowest BCUT2D eigenvalue weighted by atomic mass is 9.95. The van der Waals surface area contributed by atoms with E-state index in [9.17, 15) is 9.59 Å². The minimum absolute atomic E-state index is 0.136.